The molecule has 2 aromatic rings. The molecule has 1 heterocycles. The summed E-state index contributed by atoms with van der Waals surface area (Å²) < 4.78 is 10.5. The highest BCUT2D eigenvalue weighted by atomic mass is 16.5. The molecule has 1 aliphatic rings. The summed E-state index contributed by atoms with van der Waals surface area (Å²) in [7, 11) is 3.07. The van der Waals surface area contributed by atoms with Gasteiger partial charge in [0.05, 0.1) is 19.8 Å². The molecule has 3 rings (SSSR count). The van der Waals surface area contributed by atoms with E-state index in [0.29, 0.717) is 43.0 Å². The number of carbonyl (C=O) groups is 1. The minimum atomic E-state index is -0.935. The van der Waals surface area contributed by atoms with E-state index in [1.54, 1.807) is 18.2 Å². The maximum atomic E-state index is 12.0. The second-order valence-corrected chi connectivity index (χ2v) is 6.82. The number of likely N-dealkylation sites (tertiary alicyclic amines) is 1. The quantitative estimate of drug-likeness (QED) is 0.813. The lowest BCUT2D eigenvalue weighted by Crippen LogP contribution is -2.45. The van der Waals surface area contributed by atoms with Crippen molar-refractivity contribution in [3.63, 3.8) is 0 Å². The van der Waals surface area contributed by atoms with Gasteiger partial charge in [-0.05, 0) is 36.1 Å². The van der Waals surface area contributed by atoms with Gasteiger partial charge in [-0.25, -0.2) is 0 Å². The fraction of sp³-hybridized carbons (Fsp3) is 0.381. The predicted octanol–water partition coefficient (Wildman–Crippen LogP) is 2.81. The molecular weight excluding hydrogens is 346 g/mol. The molecule has 0 radical (unpaired) electrons. The molecule has 0 unspecified atom stereocenters. The second-order valence-electron chi connectivity index (χ2n) is 6.82. The van der Waals surface area contributed by atoms with Gasteiger partial charge in [-0.2, -0.15) is 0 Å². The van der Waals surface area contributed by atoms with Crippen LogP contribution in [0.25, 0.3) is 0 Å². The third-order valence-corrected chi connectivity index (χ3v) is 5.22. The van der Waals surface area contributed by atoms with Gasteiger partial charge in [0.25, 0.3) is 0 Å². The fourth-order valence-corrected chi connectivity index (χ4v) is 3.69. The molecule has 0 aromatic heterocycles. The Morgan fingerprint density at radius 3 is 2.07 bits per heavy atom. The Bertz CT molecular complexity index is 762. The molecule has 0 bridgehead atoms. The summed E-state index contributed by atoms with van der Waals surface area (Å²) in [6.07, 6.45) is 0.948. The van der Waals surface area contributed by atoms with Gasteiger partial charge in [0, 0.05) is 19.2 Å². The number of rotatable bonds is 6. The second kappa shape index (κ2) is 7.98. The first-order valence-corrected chi connectivity index (χ1v) is 8.94. The normalized spacial score (nSPS) is 17.9. The molecule has 2 N–H and O–H groups in total. The SMILES string of the molecule is COc1cc(OC)cc([C@@H](C(=O)O)N2CCC(O)(c3ccccc3)CC2)c1. The number of methoxy groups -OCH3 is 2. The number of hydrogen-bond acceptors (Lipinski definition) is 5. The van der Waals surface area contributed by atoms with Crippen LogP contribution in [0.5, 0.6) is 11.5 Å². The number of ether oxygens (including phenoxy) is 2. The lowest BCUT2D eigenvalue weighted by atomic mass is 9.83. The van der Waals surface area contributed by atoms with E-state index >= 15 is 0 Å². The number of carboxylic acid groups (broad SMARTS) is 1. The third kappa shape index (κ3) is 4.07. The first-order valence-electron chi connectivity index (χ1n) is 8.94. The molecule has 0 saturated carbocycles. The van der Waals surface area contributed by atoms with Gasteiger partial charge < -0.3 is 19.7 Å². The minimum Gasteiger partial charge on any atom is -0.497 e. The molecule has 0 amide bonds. The number of piperidine rings is 1. The van der Waals surface area contributed by atoms with E-state index in [9.17, 15) is 15.0 Å². The number of carboxylic acids is 1. The van der Waals surface area contributed by atoms with Gasteiger partial charge in [-0.3, -0.25) is 9.69 Å². The first kappa shape index (κ1) is 19.2. The van der Waals surface area contributed by atoms with E-state index in [-0.39, 0.29) is 0 Å². The summed E-state index contributed by atoms with van der Waals surface area (Å²) in [6, 6.07) is 13.9. The van der Waals surface area contributed by atoms with Gasteiger partial charge in [0.15, 0.2) is 0 Å². The third-order valence-electron chi connectivity index (χ3n) is 5.22. The average molecular weight is 371 g/mol. The van der Waals surface area contributed by atoms with Gasteiger partial charge in [-0.1, -0.05) is 30.3 Å². The van der Waals surface area contributed by atoms with Crippen LogP contribution >= 0.6 is 0 Å². The van der Waals surface area contributed by atoms with Crippen molar-refractivity contribution < 1.29 is 24.5 Å². The van der Waals surface area contributed by atoms with E-state index in [4.69, 9.17) is 9.47 Å². The van der Waals surface area contributed by atoms with Gasteiger partial charge >= 0.3 is 5.97 Å². The number of nitrogens with zero attached hydrogens (tertiary/aromatic N) is 1. The fourth-order valence-electron chi connectivity index (χ4n) is 3.69. The van der Waals surface area contributed by atoms with E-state index in [1.165, 1.54) is 14.2 Å². The molecule has 1 saturated heterocycles. The molecule has 0 aliphatic carbocycles. The van der Waals surface area contributed by atoms with Crippen LogP contribution in [0, 0.1) is 0 Å². The number of benzene rings is 2. The Labute approximate surface area is 159 Å². The largest absolute Gasteiger partial charge is 0.497 e. The van der Waals surface area contributed by atoms with E-state index in [1.807, 2.05) is 35.2 Å². The van der Waals surface area contributed by atoms with Crippen molar-refractivity contribution in [2.75, 3.05) is 27.3 Å². The smallest absolute Gasteiger partial charge is 0.325 e. The zero-order chi connectivity index (χ0) is 19.4. The van der Waals surface area contributed by atoms with Crippen LogP contribution in [-0.2, 0) is 10.4 Å². The highest BCUT2D eigenvalue weighted by Crippen LogP contribution is 2.37. The van der Waals surface area contributed by atoms with Gasteiger partial charge in [0.2, 0.25) is 0 Å². The van der Waals surface area contributed by atoms with Crippen LogP contribution < -0.4 is 9.47 Å². The monoisotopic (exact) mass is 371 g/mol. The Morgan fingerprint density at radius 2 is 1.59 bits per heavy atom. The van der Waals surface area contributed by atoms with E-state index in [2.05, 4.69) is 0 Å². The predicted molar refractivity (Wildman–Crippen MR) is 101 cm³/mol. The van der Waals surface area contributed by atoms with Crippen LogP contribution in [0.2, 0.25) is 0 Å². The van der Waals surface area contributed by atoms with Crippen LogP contribution in [0.15, 0.2) is 48.5 Å². The summed E-state index contributed by atoms with van der Waals surface area (Å²) in [5, 5.41) is 20.9. The highest BCUT2D eigenvalue weighted by molar-refractivity contribution is 5.76. The first-order chi connectivity index (χ1) is 13.0. The highest BCUT2D eigenvalue weighted by Gasteiger charge is 2.38. The zero-order valence-electron chi connectivity index (χ0n) is 15.6. The topological polar surface area (TPSA) is 79.2 Å². The minimum absolute atomic E-state index is 0.474. The average Bonchev–Trinajstić information content (AvgIpc) is 2.70. The Balaban J connectivity index is 1.83. The molecule has 1 aliphatic heterocycles. The number of aliphatic hydroxyl groups is 1. The van der Waals surface area contributed by atoms with Crippen LogP contribution in [-0.4, -0.2) is 48.4 Å². The van der Waals surface area contributed by atoms with Crippen molar-refractivity contribution in [2.24, 2.45) is 0 Å². The summed E-state index contributed by atoms with van der Waals surface area (Å²) in [5.41, 5.74) is 0.552. The molecule has 6 nitrogen and oxygen atoms in total. The summed E-state index contributed by atoms with van der Waals surface area (Å²) >= 11 is 0. The number of hydrogen-bond donors (Lipinski definition) is 2. The summed E-state index contributed by atoms with van der Waals surface area (Å²) in [6.45, 7) is 0.948. The van der Waals surface area contributed by atoms with Gasteiger partial charge in [-0.15, -0.1) is 0 Å². The van der Waals surface area contributed by atoms with Gasteiger partial charge in [0.1, 0.15) is 17.5 Å². The lowest BCUT2D eigenvalue weighted by Gasteiger charge is -2.41. The molecular formula is C21H25NO5. The molecule has 0 spiro atoms. The van der Waals surface area contributed by atoms with E-state index < -0.39 is 17.6 Å². The summed E-state index contributed by atoms with van der Waals surface area (Å²) in [4.78, 5) is 13.9. The number of aliphatic carboxylic acids is 1. The Hall–Kier alpha value is -2.57. The molecule has 27 heavy (non-hydrogen) atoms. The summed E-state index contributed by atoms with van der Waals surface area (Å²) in [5.74, 6) is 0.164. The Kier molecular flexibility index (Phi) is 5.68. The molecule has 2 aromatic carbocycles. The van der Waals surface area contributed by atoms with Crippen LogP contribution in [0.3, 0.4) is 0 Å². The van der Waals surface area contributed by atoms with Crippen LogP contribution in [0.4, 0.5) is 0 Å². The van der Waals surface area contributed by atoms with Crippen molar-refractivity contribution in [3.05, 3.63) is 59.7 Å². The maximum absolute atomic E-state index is 12.0. The lowest BCUT2D eigenvalue weighted by molar-refractivity contribution is -0.146. The van der Waals surface area contributed by atoms with Crippen molar-refractivity contribution in [2.45, 2.75) is 24.5 Å². The molecule has 6 heteroatoms. The zero-order valence-corrected chi connectivity index (χ0v) is 15.6. The van der Waals surface area contributed by atoms with Crippen molar-refractivity contribution in [1.29, 1.82) is 0 Å². The van der Waals surface area contributed by atoms with Crippen molar-refractivity contribution in [3.8, 4) is 11.5 Å². The molecule has 144 valence electrons. The molecule has 1 fully saturated rings. The molecule has 1 atom stereocenters. The maximum Gasteiger partial charge on any atom is 0.325 e. The van der Waals surface area contributed by atoms with Crippen molar-refractivity contribution >= 4 is 5.97 Å². The standard InChI is InChI=1S/C21H25NO5/c1-26-17-12-15(13-18(14-17)27-2)19(20(23)24)22-10-8-21(25,9-11-22)16-6-4-3-5-7-16/h3-7,12-14,19,25H,8-11H2,1-2H3,(H,23,24)/t19-/m0/s1. The van der Waals surface area contributed by atoms with Crippen molar-refractivity contribution in [1.82, 2.24) is 4.90 Å². The Morgan fingerprint density at radius 1 is 1.04 bits per heavy atom. The van der Waals surface area contributed by atoms with Crippen LogP contribution in [0.1, 0.15) is 30.0 Å². The van der Waals surface area contributed by atoms with E-state index in [0.717, 1.165) is 5.56 Å².